The number of piperazine rings is 2. The molecule has 1 aliphatic carbocycles. The topological polar surface area (TPSA) is 103 Å². The fraction of sp³-hybridized carbons (Fsp3) is 0.542. The van der Waals surface area contributed by atoms with Crippen molar-refractivity contribution in [3.05, 3.63) is 30.0 Å². The number of amides is 2. The summed E-state index contributed by atoms with van der Waals surface area (Å²) in [4.78, 5) is 36.4. The first kappa shape index (κ1) is 23.8. The largest absolute Gasteiger partial charge is 0.497 e. The second-order valence-electron chi connectivity index (χ2n) is 9.44. The van der Waals surface area contributed by atoms with Crippen LogP contribution in [0, 0.1) is 5.92 Å². The minimum absolute atomic E-state index is 0.124. The van der Waals surface area contributed by atoms with Gasteiger partial charge in [0, 0.05) is 69.9 Å². The predicted octanol–water partition coefficient (Wildman–Crippen LogP) is 1.02. The minimum atomic E-state index is -3.28. The van der Waals surface area contributed by atoms with Gasteiger partial charge in [-0.05, 0) is 31.0 Å². The molecule has 0 spiro atoms. The van der Waals surface area contributed by atoms with Crippen LogP contribution >= 0.6 is 0 Å². The molecule has 2 saturated heterocycles. The standard InChI is InChI=1S/C24H31N5O5S/c1-34-18-5-6-21-19(15-18)22(26-11-13-29(14-12-26)35(2,32)33)20(16-25-21)24(31)28-9-7-27(8-10-28)23(30)17-3-4-17/h5-6,15-17H,3-4,7-14H2,1-2H3. The fourth-order valence-electron chi connectivity index (χ4n) is 4.91. The van der Waals surface area contributed by atoms with Crippen LogP contribution in [0.3, 0.4) is 0 Å². The lowest BCUT2D eigenvalue weighted by Crippen LogP contribution is -2.51. The average molecular weight is 502 g/mol. The number of rotatable bonds is 5. The molecule has 3 fully saturated rings. The molecule has 0 N–H and O–H groups in total. The average Bonchev–Trinajstić information content (AvgIpc) is 3.72. The summed E-state index contributed by atoms with van der Waals surface area (Å²) in [6.07, 6.45) is 4.79. The molecule has 11 heteroatoms. The second kappa shape index (κ2) is 9.27. The summed E-state index contributed by atoms with van der Waals surface area (Å²) in [5.74, 6) is 0.920. The normalized spacial score (nSPS) is 19.8. The van der Waals surface area contributed by atoms with Crippen LogP contribution in [0.2, 0.25) is 0 Å². The lowest BCUT2D eigenvalue weighted by Gasteiger charge is -2.38. The van der Waals surface area contributed by atoms with Crippen molar-refractivity contribution in [2.24, 2.45) is 5.92 Å². The smallest absolute Gasteiger partial charge is 0.257 e. The van der Waals surface area contributed by atoms with Crippen LogP contribution in [-0.4, -0.2) is 105 Å². The Morgan fingerprint density at radius 3 is 2.23 bits per heavy atom. The molecule has 0 radical (unpaired) electrons. The van der Waals surface area contributed by atoms with Gasteiger partial charge < -0.3 is 19.4 Å². The maximum atomic E-state index is 13.7. The van der Waals surface area contributed by atoms with Crippen molar-refractivity contribution in [2.75, 3.05) is 70.6 Å². The summed E-state index contributed by atoms with van der Waals surface area (Å²) >= 11 is 0. The number of benzene rings is 1. The zero-order chi connectivity index (χ0) is 24.7. The van der Waals surface area contributed by atoms with E-state index in [1.54, 1.807) is 18.2 Å². The molecule has 1 aromatic carbocycles. The van der Waals surface area contributed by atoms with Gasteiger partial charge in [-0.2, -0.15) is 4.31 Å². The number of pyridine rings is 1. The molecule has 2 aromatic rings. The number of ether oxygens (including phenoxy) is 1. The molecule has 2 amide bonds. The van der Waals surface area contributed by atoms with Crippen molar-refractivity contribution in [1.29, 1.82) is 0 Å². The van der Waals surface area contributed by atoms with Gasteiger partial charge in [0.25, 0.3) is 5.91 Å². The summed E-state index contributed by atoms with van der Waals surface area (Å²) < 4.78 is 30.9. The van der Waals surface area contributed by atoms with Crippen LogP contribution in [0.5, 0.6) is 5.75 Å². The first-order valence-electron chi connectivity index (χ1n) is 12.0. The van der Waals surface area contributed by atoms with Crippen molar-refractivity contribution >= 4 is 38.4 Å². The molecule has 1 saturated carbocycles. The van der Waals surface area contributed by atoms with E-state index in [0.29, 0.717) is 63.7 Å². The summed E-state index contributed by atoms with van der Waals surface area (Å²) in [5.41, 5.74) is 1.98. The van der Waals surface area contributed by atoms with E-state index < -0.39 is 10.0 Å². The van der Waals surface area contributed by atoms with Gasteiger partial charge in [-0.1, -0.05) is 0 Å². The molecule has 188 valence electrons. The molecule has 2 aliphatic heterocycles. The Morgan fingerprint density at radius 2 is 1.63 bits per heavy atom. The Bertz CT molecular complexity index is 1250. The van der Waals surface area contributed by atoms with Gasteiger partial charge in [0.2, 0.25) is 15.9 Å². The number of sulfonamides is 1. The predicted molar refractivity (Wildman–Crippen MR) is 132 cm³/mol. The molecule has 35 heavy (non-hydrogen) atoms. The molecule has 0 bridgehead atoms. The van der Waals surface area contributed by atoms with Crippen LogP contribution in [0.4, 0.5) is 5.69 Å². The van der Waals surface area contributed by atoms with E-state index in [-0.39, 0.29) is 17.7 Å². The number of nitrogens with zero attached hydrogens (tertiary/aromatic N) is 5. The molecule has 0 atom stereocenters. The number of carbonyl (C=O) groups excluding carboxylic acids is 2. The van der Waals surface area contributed by atoms with Gasteiger partial charge in [0.1, 0.15) is 5.75 Å². The third kappa shape index (κ3) is 4.79. The lowest BCUT2D eigenvalue weighted by atomic mass is 10.1. The molecule has 10 nitrogen and oxygen atoms in total. The van der Waals surface area contributed by atoms with Crippen molar-refractivity contribution in [3.8, 4) is 5.75 Å². The highest BCUT2D eigenvalue weighted by atomic mass is 32.2. The molecule has 5 rings (SSSR count). The van der Waals surface area contributed by atoms with Gasteiger partial charge >= 0.3 is 0 Å². The van der Waals surface area contributed by atoms with Crippen LogP contribution < -0.4 is 9.64 Å². The number of aromatic nitrogens is 1. The number of methoxy groups -OCH3 is 1. The zero-order valence-electron chi connectivity index (χ0n) is 20.1. The van der Waals surface area contributed by atoms with E-state index in [2.05, 4.69) is 9.88 Å². The number of hydrogen-bond acceptors (Lipinski definition) is 7. The van der Waals surface area contributed by atoms with Gasteiger partial charge in [0.05, 0.1) is 30.1 Å². The maximum Gasteiger partial charge on any atom is 0.257 e. The maximum absolute atomic E-state index is 13.7. The minimum Gasteiger partial charge on any atom is -0.497 e. The first-order valence-corrected chi connectivity index (χ1v) is 13.9. The lowest BCUT2D eigenvalue weighted by molar-refractivity contribution is -0.134. The highest BCUT2D eigenvalue weighted by Gasteiger charge is 2.36. The van der Waals surface area contributed by atoms with Crippen molar-refractivity contribution in [2.45, 2.75) is 12.8 Å². The fourth-order valence-corrected chi connectivity index (χ4v) is 5.74. The van der Waals surface area contributed by atoms with Crippen molar-refractivity contribution in [3.63, 3.8) is 0 Å². The zero-order valence-corrected chi connectivity index (χ0v) is 21.0. The van der Waals surface area contributed by atoms with Crippen molar-refractivity contribution < 1.29 is 22.7 Å². The quantitative estimate of drug-likeness (QED) is 0.603. The number of carbonyl (C=O) groups is 2. The van der Waals surface area contributed by atoms with Gasteiger partial charge in [0.15, 0.2) is 0 Å². The molecule has 1 aromatic heterocycles. The Hall–Kier alpha value is -2.92. The number of hydrogen-bond donors (Lipinski definition) is 0. The second-order valence-corrected chi connectivity index (χ2v) is 11.4. The van der Waals surface area contributed by atoms with Gasteiger partial charge in [-0.3, -0.25) is 14.6 Å². The van der Waals surface area contributed by atoms with Gasteiger partial charge in [-0.15, -0.1) is 0 Å². The number of fused-ring (bicyclic) bond motifs is 1. The molecule has 3 heterocycles. The third-order valence-electron chi connectivity index (χ3n) is 7.11. The van der Waals surface area contributed by atoms with E-state index in [0.717, 1.165) is 29.4 Å². The molecular formula is C24H31N5O5S. The Labute approximate surface area is 205 Å². The third-order valence-corrected chi connectivity index (χ3v) is 8.41. The number of anilines is 1. The summed E-state index contributed by atoms with van der Waals surface area (Å²) in [5, 5.41) is 0.797. The first-order chi connectivity index (χ1) is 16.8. The van der Waals surface area contributed by atoms with Crippen LogP contribution in [0.25, 0.3) is 10.9 Å². The van der Waals surface area contributed by atoms with E-state index in [1.165, 1.54) is 10.6 Å². The van der Waals surface area contributed by atoms with Crippen LogP contribution in [0.1, 0.15) is 23.2 Å². The highest BCUT2D eigenvalue weighted by Crippen LogP contribution is 2.35. The van der Waals surface area contributed by atoms with E-state index >= 15 is 0 Å². The van der Waals surface area contributed by atoms with Crippen LogP contribution in [-0.2, 0) is 14.8 Å². The van der Waals surface area contributed by atoms with E-state index in [4.69, 9.17) is 4.74 Å². The van der Waals surface area contributed by atoms with Crippen molar-refractivity contribution in [1.82, 2.24) is 19.1 Å². The Morgan fingerprint density at radius 1 is 0.971 bits per heavy atom. The monoisotopic (exact) mass is 501 g/mol. The molecule has 3 aliphatic rings. The SMILES string of the molecule is COc1ccc2ncc(C(=O)N3CCN(C(=O)C4CC4)CC3)c(N3CCN(S(C)(=O)=O)CC3)c2c1. The van der Waals surface area contributed by atoms with Crippen LogP contribution in [0.15, 0.2) is 24.4 Å². The Kier molecular flexibility index (Phi) is 6.30. The summed E-state index contributed by atoms with van der Waals surface area (Å²) in [6, 6.07) is 5.57. The summed E-state index contributed by atoms with van der Waals surface area (Å²) in [7, 11) is -1.68. The molecular weight excluding hydrogens is 470 g/mol. The van der Waals surface area contributed by atoms with Gasteiger partial charge in [-0.25, -0.2) is 8.42 Å². The highest BCUT2D eigenvalue weighted by molar-refractivity contribution is 7.88. The van der Waals surface area contributed by atoms with E-state index in [1.807, 2.05) is 23.1 Å². The van der Waals surface area contributed by atoms with E-state index in [9.17, 15) is 18.0 Å². The Balaban J connectivity index is 1.44. The summed E-state index contributed by atoms with van der Waals surface area (Å²) in [6.45, 7) is 3.67. The molecule has 0 unspecified atom stereocenters.